The van der Waals surface area contributed by atoms with Crippen LogP contribution < -0.4 is 10.6 Å². The fourth-order valence-corrected chi connectivity index (χ4v) is 1.87. The molecule has 0 spiro atoms. The van der Waals surface area contributed by atoms with Gasteiger partial charge in [-0.2, -0.15) is 0 Å². The zero-order chi connectivity index (χ0) is 10.1. The van der Waals surface area contributed by atoms with E-state index in [1.54, 1.807) is 0 Å². The highest BCUT2D eigenvalue weighted by Crippen LogP contribution is 2.21. The molecular formula is C11H17N3. The predicted octanol–water partition coefficient (Wildman–Crippen LogP) is 1.17. The van der Waals surface area contributed by atoms with Gasteiger partial charge in [-0.3, -0.25) is 0 Å². The van der Waals surface area contributed by atoms with E-state index in [0.717, 1.165) is 18.9 Å². The first kappa shape index (κ1) is 9.46. The molecule has 3 heteroatoms. The zero-order valence-corrected chi connectivity index (χ0v) is 8.77. The molecule has 0 bridgehead atoms. The highest BCUT2D eigenvalue weighted by Gasteiger charge is 2.27. The number of nitrogens with two attached hydrogens (primary N) is 1. The second-order valence-electron chi connectivity index (χ2n) is 4.24. The number of nitrogens with zero attached hydrogens (tertiary/aromatic N) is 2. The lowest BCUT2D eigenvalue weighted by Gasteiger charge is -2.16. The van der Waals surface area contributed by atoms with E-state index in [1.807, 2.05) is 12.3 Å². The Bertz CT molecular complexity index is 314. The van der Waals surface area contributed by atoms with E-state index < -0.39 is 0 Å². The lowest BCUT2D eigenvalue weighted by molar-refractivity contribution is 0.566. The molecule has 2 unspecified atom stereocenters. The van der Waals surface area contributed by atoms with E-state index in [-0.39, 0.29) is 6.04 Å². The van der Waals surface area contributed by atoms with Gasteiger partial charge in [-0.25, -0.2) is 4.98 Å². The van der Waals surface area contributed by atoms with Crippen molar-refractivity contribution in [3.63, 3.8) is 0 Å². The van der Waals surface area contributed by atoms with Gasteiger partial charge in [-0.1, -0.05) is 6.92 Å². The van der Waals surface area contributed by atoms with Crippen LogP contribution in [0.1, 0.15) is 12.5 Å². The van der Waals surface area contributed by atoms with Crippen LogP contribution in [0.2, 0.25) is 0 Å². The molecule has 76 valence electrons. The Labute approximate surface area is 84.9 Å². The molecule has 1 saturated heterocycles. The Kier molecular flexibility index (Phi) is 2.42. The van der Waals surface area contributed by atoms with Gasteiger partial charge in [0, 0.05) is 25.3 Å². The van der Waals surface area contributed by atoms with Gasteiger partial charge in [0.15, 0.2) is 0 Å². The predicted molar refractivity (Wildman–Crippen MR) is 58.3 cm³/mol. The Morgan fingerprint density at radius 3 is 2.86 bits per heavy atom. The number of aromatic nitrogens is 1. The lowest BCUT2D eigenvalue weighted by Crippen LogP contribution is -2.28. The van der Waals surface area contributed by atoms with Crippen LogP contribution in [0.3, 0.4) is 0 Å². The number of anilines is 1. The van der Waals surface area contributed by atoms with Crippen molar-refractivity contribution in [2.75, 3.05) is 18.0 Å². The van der Waals surface area contributed by atoms with Gasteiger partial charge in [-0.15, -0.1) is 0 Å². The molecule has 2 atom stereocenters. The largest absolute Gasteiger partial charge is 0.355 e. The van der Waals surface area contributed by atoms with Gasteiger partial charge in [-0.05, 0) is 30.5 Å². The Hall–Kier alpha value is -1.09. The summed E-state index contributed by atoms with van der Waals surface area (Å²) in [6.07, 6.45) is 1.86. The van der Waals surface area contributed by atoms with E-state index in [9.17, 15) is 0 Å². The maximum Gasteiger partial charge on any atom is 0.128 e. The van der Waals surface area contributed by atoms with Crippen molar-refractivity contribution in [2.45, 2.75) is 19.9 Å². The maximum atomic E-state index is 5.97. The molecule has 0 amide bonds. The third-order valence-corrected chi connectivity index (χ3v) is 2.90. The summed E-state index contributed by atoms with van der Waals surface area (Å²) in [5.74, 6) is 1.63. The molecule has 0 radical (unpaired) electrons. The molecular weight excluding hydrogens is 174 g/mol. The number of hydrogen-bond donors (Lipinski definition) is 1. The first-order chi connectivity index (χ1) is 6.66. The summed E-state index contributed by atoms with van der Waals surface area (Å²) < 4.78 is 0. The summed E-state index contributed by atoms with van der Waals surface area (Å²) in [5.41, 5.74) is 7.23. The van der Waals surface area contributed by atoms with Crippen LogP contribution in [-0.4, -0.2) is 24.1 Å². The van der Waals surface area contributed by atoms with Crippen molar-refractivity contribution in [3.05, 3.63) is 23.9 Å². The Morgan fingerprint density at radius 1 is 1.50 bits per heavy atom. The quantitative estimate of drug-likeness (QED) is 0.724. The van der Waals surface area contributed by atoms with E-state index in [4.69, 9.17) is 5.73 Å². The summed E-state index contributed by atoms with van der Waals surface area (Å²) in [6.45, 7) is 6.24. The molecule has 0 aliphatic carbocycles. The van der Waals surface area contributed by atoms with E-state index in [2.05, 4.69) is 29.8 Å². The number of aryl methyl sites for hydroxylation is 1. The SMILES string of the molecule is Cc1ccnc(N2CC(C)C(N)C2)c1. The molecule has 1 aliphatic rings. The molecule has 0 saturated carbocycles. The summed E-state index contributed by atoms with van der Waals surface area (Å²) in [4.78, 5) is 6.63. The van der Waals surface area contributed by atoms with Gasteiger partial charge < -0.3 is 10.6 Å². The Morgan fingerprint density at radius 2 is 2.29 bits per heavy atom. The van der Waals surface area contributed by atoms with Gasteiger partial charge in [0.1, 0.15) is 5.82 Å². The summed E-state index contributed by atoms with van der Waals surface area (Å²) in [5, 5.41) is 0. The minimum absolute atomic E-state index is 0.289. The second kappa shape index (κ2) is 3.58. The Balaban J connectivity index is 2.17. The van der Waals surface area contributed by atoms with E-state index in [0.29, 0.717) is 5.92 Å². The fraction of sp³-hybridized carbons (Fsp3) is 0.545. The van der Waals surface area contributed by atoms with Crippen molar-refractivity contribution in [2.24, 2.45) is 11.7 Å². The first-order valence-corrected chi connectivity index (χ1v) is 5.10. The van der Waals surface area contributed by atoms with Crippen LogP contribution in [0.5, 0.6) is 0 Å². The molecule has 14 heavy (non-hydrogen) atoms. The van der Waals surface area contributed by atoms with Crippen LogP contribution in [-0.2, 0) is 0 Å². The number of rotatable bonds is 1. The highest BCUT2D eigenvalue weighted by atomic mass is 15.2. The van der Waals surface area contributed by atoms with E-state index >= 15 is 0 Å². The van der Waals surface area contributed by atoms with Crippen molar-refractivity contribution in [1.29, 1.82) is 0 Å². The smallest absolute Gasteiger partial charge is 0.128 e. The van der Waals surface area contributed by atoms with Crippen LogP contribution in [0.25, 0.3) is 0 Å². The van der Waals surface area contributed by atoms with Crippen LogP contribution in [0.4, 0.5) is 5.82 Å². The monoisotopic (exact) mass is 191 g/mol. The summed E-state index contributed by atoms with van der Waals surface area (Å²) >= 11 is 0. The van der Waals surface area contributed by atoms with Gasteiger partial charge in [0.2, 0.25) is 0 Å². The normalized spacial score (nSPS) is 26.9. The third-order valence-electron chi connectivity index (χ3n) is 2.90. The van der Waals surface area contributed by atoms with Gasteiger partial charge in [0.25, 0.3) is 0 Å². The number of hydrogen-bond acceptors (Lipinski definition) is 3. The average Bonchev–Trinajstić information content (AvgIpc) is 2.47. The topological polar surface area (TPSA) is 42.2 Å². The standard InChI is InChI=1S/C11H17N3/c1-8-3-4-13-11(5-8)14-6-9(2)10(12)7-14/h3-5,9-10H,6-7,12H2,1-2H3. The molecule has 1 aromatic rings. The second-order valence-corrected chi connectivity index (χ2v) is 4.24. The van der Waals surface area contributed by atoms with Gasteiger partial charge >= 0.3 is 0 Å². The minimum Gasteiger partial charge on any atom is -0.355 e. The molecule has 2 N–H and O–H groups in total. The third kappa shape index (κ3) is 1.73. The zero-order valence-electron chi connectivity index (χ0n) is 8.77. The highest BCUT2D eigenvalue weighted by molar-refractivity contribution is 5.42. The molecule has 0 aromatic carbocycles. The number of pyridine rings is 1. The fourth-order valence-electron chi connectivity index (χ4n) is 1.87. The lowest BCUT2D eigenvalue weighted by atomic mass is 10.1. The maximum absolute atomic E-state index is 5.97. The summed E-state index contributed by atoms with van der Waals surface area (Å²) in [7, 11) is 0. The average molecular weight is 191 g/mol. The van der Waals surface area contributed by atoms with Crippen molar-refractivity contribution in [3.8, 4) is 0 Å². The molecule has 2 heterocycles. The molecule has 2 rings (SSSR count). The van der Waals surface area contributed by atoms with Crippen LogP contribution in [0.15, 0.2) is 18.3 Å². The molecule has 1 aromatic heterocycles. The van der Waals surface area contributed by atoms with Crippen molar-refractivity contribution < 1.29 is 0 Å². The first-order valence-electron chi connectivity index (χ1n) is 5.10. The van der Waals surface area contributed by atoms with Crippen molar-refractivity contribution >= 4 is 5.82 Å². The van der Waals surface area contributed by atoms with Crippen LogP contribution in [0, 0.1) is 12.8 Å². The molecule has 3 nitrogen and oxygen atoms in total. The summed E-state index contributed by atoms with van der Waals surface area (Å²) in [6, 6.07) is 4.42. The minimum atomic E-state index is 0.289. The van der Waals surface area contributed by atoms with Gasteiger partial charge in [0.05, 0.1) is 0 Å². The molecule has 1 fully saturated rings. The molecule has 1 aliphatic heterocycles. The van der Waals surface area contributed by atoms with E-state index in [1.165, 1.54) is 5.56 Å². The van der Waals surface area contributed by atoms with Crippen molar-refractivity contribution in [1.82, 2.24) is 4.98 Å². The van der Waals surface area contributed by atoms with Crippen LogP contribution >= 0.6 is 0 Å².